The van der Waals surface area contributed by atoms with Crippen LogP contribution in [-0.4, -0.2) is 31.3 Å². The van der Waals surface area contributed by atoms with Crippen LogP contribution in [0.2, 0.25) is 0 Å². The van der Waals surface area contributed by atoms with Gasteiger partial charge in [0, 0.05) is 25.9 Å². The third-order valence-electron chi connectivity index (χ3n) is 2.52. The Hall–Kier alpha value is -1.69. The van der Waals surface area contributed by atoms with Crippen molar-refractivity contribution in [1.29, 1.82) is 0 Å². The molecule has 86 valence electrons. The summed E-state index contributed by atoms with van der Waals surface area (Å²) in [5.41, 5.74) is 0. The van der Waals surface area contributed by atoms with Crippen molar-refractivity contribution in [1.82, 2.24) is 30.0 Å². The third kappa shape index (κ3) is 2.27. The van der Waals surface area contributed by atoms with E-state index in [0.29, 0.717) is 0 Å². The summed E-state index contributed by atoms with van der Waals surface area (Å²) in [5.74, 6) is 1.88. The fourth-order valence-electron chi connectivity index (χ4n) is 1.67. The average Bonchev–Trinajstić information content (AvgIpc) is 2.90. The summed E-state index contributed by atoms with van der Waals surface area (Å²) in [7, 11) is 1.99. The van der Waals surface area contributed by atoms with Gasteiger partial charge in [-0.1, -0.05) is 6.92 Å². The lowest BCUT2D eigenvalue weighted by Gasteiger charge is -2.14. The van der Waals surface area contributed by atoms with Crippen molar-refractivity contribution in [2.45, 2.75) is 19.4 Å². The van der Waals surface area contributed by atoms with Crippen LogP contribution in [0.5, 0.6) is 0 Å². The van der Waals surface area contributed by atoms with Crippen molar-refractivity contribution >= 4 is 0 Å². The predicted octanol–water partition coefficient (Wildman–Crippen LogP) is 0.431. The maximum absolute atomic E-state index is 4.31. The van der Waals surface area contributed by atoms with E-state index < -0.39 is 0 Å². The van der Waals surface area contributed by atoms with Gasteiger partial charge in [0.25, 0.3) is 0 Å². The van der Waals surface area contributed by atoms with E-state index in [9.17, 15) is 0 Å². The van der Waals surface area contributed by atoms with E-state index in [1.54, 1.807) is 6.20 Å². The first-order chi connectivity index (χ1) is 7.81. The number of H-pyrrole nitrogens is 1. The minimum atomic E-state index is 0.133. The Morgan fingerprint density at radius 3 is 2.94 bits per heavy atom. The second-order valence-electron chi connectivity index (χ2n) is 3.64. The zero-order valence-electron chi connectivity index (χ0n) is 9.51. The van der Waals surface area contributed by atoms with Gasteiger partial charge in [-0.3, -0.25) is 5.10 Å². The van der Waals surface area contributed by atoms with E-state index in [2.05, 4.69) is 32.4 Å². The largest absolute Gasteiger partial charge is 0.338 e. The van der Waals surface area contributed by atoms with Gasteiger partial charge in [-0.05, 0) is 6.54 Å². The van der Waals surface area contributed by atoms with Crippen LogP contribution in [0.15, 0.2) is 18.7 Å². The van der Waals surface area contributed by atoms with Gasteiger partial charge in [-0.25, -0.2) is 9.97 Å². The molecule has 0 spiro atoms. The van der Waals surface area contributed by atoms with E-state index in [0.717, 1.165) is 24.6 Å². The molecule has 16 heavy (non-hydrogen) atoms. The summed E-state index contributed by atoms with van der Waals surface area (Å²) in [4.78, 5) is 8.49. The van der Waals surface area contributed by atoms with Crippen molar-refractivity contribution in [2.24, 2.45) is 7.05 Å². The maximum atomic E-state index is 4.31. The Balaban J connectivity index is 2.12. The molecule has 2 heterocycles. The number of imidazole rings is 1. The lowest BCUT2D eigenvalue weighted by molar-refractivity contribution is 0.505. The first-order valence-corrected chi connectivity index (χ1v) is 5.36. The highest BCUT2D eigenvalue weighted by atomic mass is 15.2. The van der Waals surface area contributed by atoms with E-state index in [4.69, 9.17) is 0 Å². The molecule has 0 aliphatic rings. The number of nitrogens with zero attached hydrogens (tertiary/aromatic N) is 4. The molecule has 0 saturated carbocycles. The molecule has 1 atom stereocenters. The topological polar surface area (TPSA) is 71.4 Å². The summed E-state index contributed by atoms with van der Waals surface area (Å²) >= 11 is 0. The number of aromatic nitrogens is 5. The van der Waals surface area contributed by atoms with Gasteiger partial charge in [-0.2, -0.15) is 5.10 Å². The van der Waals surface area contributed by atoms with Gasteiger partial charge >= 0.3 is 0 Å². The summed E-state index contributed by atoms with van der Waals surface area (Å²) in [6, 6.07) is 0.133. The molecule has 2 aromatic rings. The lowest BCUT2D eigenvalue weighted by Crippen LogP contribution is -2.25. The molecule has 6 nitrogen and oxygen atoms in total. The third-order valence-corrected chi connectivity index (χ3v) is 2.52. The Morgan fingerprint density at radius 1 is 1.50 bits per heavy atom. The molecule has 6 heteroatoms. The maximum Gasteiger partial charge on any atom is 0.141 e. The molecule has 2 aromatic heterocycles. The predicted molar refractivity (Wildman–Crippen MR) is 59.7 cm³/mol. The van der Waals surface area contributed by atoms with Gasteiger partial charge in [-0.15, -0.1) is 0 Å². The molecule has 0 saturated heterocycles. The molecular weight excluding hydrogens is 204 g/mol. The van der Waals surface area contributed by atoms with Gasteiger partial charge in [0.15, 0.2) is 0 Å². The quantitative estimate of drug-likeness (QED) is 0.766. The Kier molecular flexibility index (Phi) is 3.31. The van der Waals surface area contributed by atoms with Gasteiger partial charge in [0.05, 0.1) is 6.04 Å². The van der Waals surface area contributed by atoms with E-state index in [1.807, 2.05) is 17.8 Å². The number of aromatic amines is 1. The van der Waals surface area contributed by atoms with Crippen molar-refractivity contribution in [3.05, 3.63) is 30.4 Å². The van der Waals surface area contributed by atoms with Gasteiger partial charge in [0.1, 0.15) is 18.0 Å². The van der Waals surface area contributed by atoms with E-state index in [1.165, 1.54) is 6.33 Å². The fourth-order valence-corrected chi connectivity index (χ4v) is 1.67. The highest BCUT2D eigenvalue weighted by Gasteiger charge is 2.15. The minimum absolute atomic E-state index is 0.133. The molecule has 0 bridgehead atoms. The first-order valence-electron chi connectivity index (χ1n) is 5.36. The van der Waals surface area contributed by atoms with Crippen LogP contribution in [-0.2, 0) is 13.5 Å². The molecule has 0 aliphatic carbocycles. The molecule has 2 N–H and O–H groups in total. The lowest BCUT2D eigenvalue weighted by atomic mass is 10.2. The normalized spacial score (nSPS) is 12.9. The van der Waals surface area contributed by atoms with Crippen molar-refractivity contribution in [3.8, 4) is 0 Å². The minimum Gasteiger partial charge on any atom is -0.338 e. The van der Waals surface area contributed by atoms with E-state index >= 15 is 0 Å². The van der Waals surface area contributed by atoms with Crippen LogP contribution in [0, 0.1) is 0 Å². The van der Waals surface area contributed by atoms with Crippen molar-refractivity contribution < 1.29 is 0 Å². The summed E-state index contributed by atoms with van der Waals surface area (Å²) in [6.45, 7) is 2.96. The molecule has 1 unspecified atom stereocenters. The second kappa shape index (κ2) is 4.89. The first kappa shape index (κ1) is 10.8. The van der Waals surface area contributed by atoms with E-state index in [-0.39, 0.29) is 6.04 Å². The smallest absolute Gasteiger partial charge is 0.141 e. The average molecular weight is 220 g/mol. The number of likely N-dealkylation sites (N-methyl/N-ethyl adjacent to an activating group) is 1. The van der Waals surface area contributed by atoms with Crippen molar-refractivity contribution in [2.75, 3.05) is 6.54 Å². The van der Waals surface area contributed by atoms with Crippen LogP contribution in [0.3, 0.4) is 0 Å². The van der Waals surface area contributed by atoms with Crippen LogP contribution < -0.4 is 5.32 Å². The number of nitrogens with one attached hydrogen (secondary N) is 2. The summed E-state index contributed by atoms with van der Waals surface area (Å²) < 4.78 is 2.01. The van der Waals surface area contributed by atoms with Gasteiger partial charge in [0.2, 0.25) is 0 Å². The zero-order valence-corrected chi connectivity index (χ0v) is 9.51. The van der Waals surface area contributed by atoms with Crippen LogP contribution in [0.4, 0.5) is 0 Å². The van der Waals surface area contributed by atoms with Gasteiger partial charge < -0.3 is 9.88 Å². The fraction of sp³-hybridized carbons (Fsp3) is 0.500. The number of aryl methyl sites for hydroxylation is 1. The van der Waals surface area contributed by atoms with Crippen molar-refractivity contribution in [3.63, 3.8) is 0 Å². The number of rotatable bonds is 5. The molecular formula is C10H16N6. The SMILES string of the molecule is CCNC(Cc1nccn1C)c1ncn[nH]1. The highest BCUT2D eigenvalue weighted by Crippen LogP contribution is 2.12. The summed E-state index contributed by atoms with van der Waals surface area (Å²) in [6.07, 6.45) is 6.07. The highest BCUT2D eigenvalue weighted by molar-refractivity contribution is 5.00. The molecule has 0 radical (unpaired) electrons. The number of hydrogen-bond donors (Lipinski definition) is 2. The monoisotopic (exact) mass is 220 g/mol. The summed E-state index contributed by atoms with van der Waals surface area (Å²) in [5, 5.41) is 10.1. The Labute approximate surface area is 94.1 Å². The molecule has 2 rings (SSSR count). The van der Waals surface area contributed by atoms with Crippen LogP contribution in [0.25, 0.3) is 0 Å². The zero-order chi connectivity index (χ0) is 11.4. The molecule has 0 aromatic carbocycles. The standard InChI is InChI=1S/C10H16N6/c1-3-11-8(10-13-7-14-15-10)6-9-12-4-5-16(9)2/h4-5,7-8,11H,3,6H2,1-2H3,(H,13,14,15). The molecule has 0 amide bonds. The van der Waals surface area contributed by atoms with Crippen LogP contribution >= 0.6 is 0 Å². The van der Waals surface area contributed by atoms with Crippen LogP contribution in [0.1, 0.15) is 24.6 Å². The Morgan fingerprint density at radius 2 is 2.38 bits per heavy atom. The Bertz CT molecular complexity index is 418. The molecule has 0 fully saturated rings. The number of hydrogen-bond acceptors (Lipinski definition) is 4. The molecule has 0 aliphatic heterocycles. The second-order valence-corrected chi connectivity index (χ2v) is 3.64.